The summed E-state index contributed by atoms with van der Waals surface area (Å²) in [4.78, 5) is 25.4. The predicted molar refractivity (Wildman–Crippen MR) is 81.8 cm³/mol. The number of carbonyl (C=O) groups excluding carboxylic acids is 2. The lowest BCUT2D eigenvalue weighted by Crippen LogP contribution is -2.38. The van der Waals surface area contributed by atoms with Crippen LogP contribution in [0, 0.1) is 0 Å². The maximum atomic E-state index is 12.2. The Kier molecular flexibility index (Phi) is 5.36. The summed E-state index contributed by atoms with van der Waals surface area (Å²) in [6, 6.07) is 9.21. The van der Waals surface area contributed by atoms with E-state index in [1.54, 1.807) is 0 Å². The van der Waals surface area contributed by atoms with Gasteiger partial charge in [0.15, 0.2) is 5.78 Å². The number of hydrogen-bond acceptors (Lipinski definition) is 3. The molecule has 0 spiro atoms. The van der Waals surface area contributed by atoms with E-state index in [1.807, 2.05) is 51.1 Å². The highest BCUT2D eigenvalue weighted by atomic mass is 16.6. The van der Waals surface area contributed by atoms with E-state index in [-0.39, 0.29) is 26.7 Å². The van der Waals surface area contributed by atoms with Crippen LogP contribution in [0.15, 0.2) is 42.6 Å². The second-order valence-corrected chi connectivity index (χ2v) is 5.80. The van der Waals surface area contributed by atoms with Crippen LogP contribution in [-0.2, 0) is 9.53 Å². The number of rotatable bonds is 1. The smallest absolute Gasteiger partial charge is 0.414 e. The highest BCUT2D eigenvalue weighted by Gasteiger charge is 2.31. The normalized spacial score (nSPS) is 18.1. The van der Waals surface area contributed by atoms with Crippen molar-refractivity contribution in [1.82, 2.24) is 4.90 Å². The van der Waals surface area contributed by atoms with Crippen LogP contribution < -0.4 is 0 Å². The molecule has 1 unspecified atom stereocenters. The summed E-state index contributed by atoms with van der Waals surface area (Å²) < 4.78 is 5.39. The molecule has 0 aromatic heterocycles. The van der Waals surface area contributed by atoms with Gasteiger partial charge in [0.1, 0.15) is 5.60 Å². The Balaban J connectivity index is 0.00000220. The van der Waals surface area contributed by atoms with Crippen molar-refractivity contribution in [1.29, 1.82) is 0 Å². The van der Waals surface area contributed by atoms with Crippen LogP contribution >= 0.6 is 0 Å². The Labute approximate surface area is 127 Å². The molecule has 0 bridgehead atoms. The SMILES string of the molecule is CC(C)(C)OC(=O)N1C=CC(=O)CC1c1ccccc1.[B]. The Morgan fingerprint density at radius 3 is 2.43 bits per heavy atom. The van der Waals surface area contributed by atoms with Crippen molar-refractivity contribution in [2.45, 2.75) is 38.8 Å². The maximum Gasteiger partial charge on any atom is 0.414 e. The number of nitrogens with zero attached hydrogens (tertiary/aromatic N) is 1. The first-order valence-corrected chi connectivity index (χ1v) is 6.64. The van der Waals surface area contributed by atoms with Crippen LogP contribution in [-0.4, -0.2) is 30.8 Å². The lowest BCUT2D eigenvalue weighted by Gasteiger charge is -2.33. The molecule has 5 heteroatoms. The van der Waals surface area contributed by atoms with Gasteiger partial charge in [0.05, 0.1) is 6.04 Å². The van der Waals surface area contributed by atoms with E-state index in [0.717, 1.165) is 5.56 Å². The van der Waals surface area contributed by atoms with Crippen molar-refractivity contribution in [3.05, 3.63) is 48.2 Å². The molecule has 1 heterocycles. The molecule has 0 saturated heterocycles. The average molecular weight is 284 g/mol. The molecule has 1 aromatic carbocycles. The molecular formula is C16H19BNO3. The van der Waals surface area contributed by atoms with Crippen LogP contribution in [0.3, 0.4) is 0 Å². The molecule has 3 radical (unpaired) electrons. The summed E-state index contributed by atoms with van der Waals surface area (Å²) in [7, 11) is 0. The van der Waals surface area contributed by atoms with Crippen molar-refractivity contribution in [3.8, 4) is 0 Å². The standard InChI is InChI=1S/C16H19NO3.B/c1-16(2,3)20-15(19)17-10-9-13(18)11-14(17)12-7-5-4-6-8-12;/h4-10,14H,11H2,1-3H3;. The van der Waals surface area contributed by atoms with Gasteiger partial charge >= 0.3 is 6.09 Å². The van der Waals surface area contributed by atoms with Crippen LogP contribution in [0.25, 0.3) is 0 Å². The Bertz CT molecular complexity index is 534. The lowest BCUT2D eigenvalue weighted by molar-refractivity contribution is -0.116. The number of amides is 1. The van der Waals surface area contributed by atoms with Crippen LogP contribution in [0.2, 0.25) is 0 Å². The van der Waals surface area contributed by atoms with E-state index in [9.17, 15) is 9.59 Å². The number of allylic oxidation sites excluding steroid dienone is 1. The largest absolute Gasteiger partial charge is 0.443 e. The highest BCUT2D eigenvalue weighted by Crippen LogP contribution is 2.29. The zero-order chi connectivity index (χ0) is 14.8. The Hall–Kier alpha value is -2.04. The summed E-state index contributed by atoms with van der Waals surface area (Å²) >= 11 is 0. The van der Waals surface area contributed by atoms with E-state index in [2.05, 4.69) is 0 Å². The molecule has 1 amide bonds. The second-order valence-electron chi connectivity index (χ2n) is 5.80. The predicted octanol–water partition coefficient (Wildman–Crippen LogP) is 3.07. The Morgan fingerprint density at radius 1 is 1.24 bits per heavy atom. The fourth-order valence-corrected chi connectivity index (χ4v) is 2.08. The van der Waals surface area contributed by atoms with Gasteiger partial charge in [-0.3, -0.25) is 9.69 Å². The molecule has 0 aliphatic carbocycles. The summed E-state index contributed by atoms with van der Waals surface area (Å²) in [6.07, 6.45) is 2.77. The molecule has 109 valence electrons. The van der Waals surface area contributed by atoms with Gasteiger partial charge in [-0.1, -0.05) is 30.3 Å². The minimum atomic E-state index is -0.562. The van der Waals surface area contributed by atoms with Crippen molar-refractivity contribution in [3.63, 3.8) is 0 Å². The summed E-state index contributed by atoms with van der Waals surface area (Å²) in [5.41, 5.74) is 0.365. The molecule has 1 aliphatic heterocycles. The van der Waals surface area contributed by atoms with E-state index in [1.165, 1.54) is 17.2 Å². The molecule has 0 fully saturated rings. The van der Waals surface area contributed by atoms with E-state index < -0.39 is 11.7 Å². The first kappa shape index (κ1) is 17.0. The third-order valence-electron chi connectivity index (χ3n) is 2.94. The minimum absolute atomic E-state index is 0. The first-order chi connectivity index (χ1) is 9.37. The van der Waals surface area contributed by atoms with Crippen LogP contribution in [0.5, 0.6) is 0 Å². The molecule has 1 atom stereocenters. The quantitative estimate of drug-likeness (QED) is 0.744. The van der Waals surface area contributed by atoms with Crippen molar-refractivity contribution < 1.29 is 14.3 Å². The summed E-state index contributed by atoms with van der Waals surface area (Å²) in [5, 5.41) is 0. The third kappa shape index (κ3) is 4.48. The van der Waals surface area contributed by atoms with Gasteiger partial charge in [-0.25, -0.2) is 4.79 Å². The lowest BCUT2D eigenvalue weighted by atomic mass is 9.98. The van der Waals surface area contributed by atoms with Gasteiger partial charge in [0.2, 0.25) is 0 Å². The fourth-order valence-electron chi connectivity index (χ4n) is 2.08. The zero-order valence-corrected chi connectivity index (χ0v) is 12.6. The molecule has 2 rings (SSSR count). The monoisotopic (exact) mass is 284 g/mol. The number of hydrogen-bond donors (Lipinski definition) is 0. The molecule has 0 N–H and O–H groups in total. The Morgan fingerprint density at radius 2 is 1.86 bits per heavy atom. The van der Waals surface area contributed by atoms with Crippen LogP contribution in [0.4, 0.5) is 4.79 Å². The van der Waals surface area contributed by atoms with Crippen molar-refractivity contribution in [2.75, 3.05) is 0 Å². The average Bonchev–Trinajstić information content (AvgIpc) is 2.37. The molecule has 1 aliphatic rings. The van der Waals surface area contributed by atoms with Crippen LogP contribution in [0.1, 0.15) is 38.8 Å². The molecule has 4 nitrogen and oxygen atoms in total. The van der Waals surface area contributed by atoms with Gasteiger partial charge in [0.25, 0.3) is 0 Å². The summed E-state index contributed by atoms with van der Waals surface area (Å²) in [5.74, 6) is 0.0126. The molecule has 0 saturated carbocycles. The maximum absolute atomic E-state index is 12.2. The number of benzene rings is 1. The van der Waals surface area contributed by atoms with Gasteiger partial charge in [0, 0.05) is 21.0 Å². The van der Waals surface area contributed by atoms with Gasteiger partial charge in [-0.2, -0.15) is 0 Å². The van der Waals surface area contributed by atoms with Crippen molar-refractivity contribution in [2.24, 2.45) is 0 Å². The second kappa shape index (κ2) is 6.61. The number of ketones is 1. The topological polar surface area (TPSA) is 46.6 Å². The molecule has 1 aromatic rings. The van der Waals surface area contributed by atoms with E-state index in [0.29, 0.717) is 0 Å². The molecule has 21 heavy (non-hydrogen) atoms. The number of ether oxygens (including phenoxy) is 1. The van der Waals surface area contributed by atoms with Crippen molar-refractivity contribution >= 4 is 20.3 Å². The minimum Gasteiger partial charge on any atom is -0.443 e. The van der Waals surface area contributed by atoms with E-state index in [4.69, 9.17) is 4.74 Å². The number of carbonyl (C=O) groups is 2. The fraction of sp³-hybridized carbons (Fsp3) is 0.375. The summed E-state index contributed by atoms with van der Waals surface area (Å²) in [6.45, 7) is 5.46. The zero-order valence-electron chi connectivity index (χ0n) is 12.6. The highest BCUT2D eigenvalue weighted by molar-refractivity contribution is 5.92. The van der Waals surface area contributed by atoms with E-state index >= 15 is 0 Å². The third-order valence-corrected chi connectivity index (χ3v) is 2.94. The van der Waals surface area contributed by atoms with Gasteiger partial charge in [-0.15, -0.1) is 0 Å². The van der Waals surface area contributed by atoms with Gasteiger partial charge < -0.3 is 4.74 Å². The van der Waals surface area contributed by atoms with Gasteiger partial charge in [-0.05, 0) is 32.4 Å². The first-order valence-electron chi connectivity index (χ1n) is 6.64. The molecular weight excluding hydrogens is 265 g/mol.